The highest BCUT2D eigenvalue weighted by Gasteiger charge is 2.15. The Balaban J connectivity index is 0.00000196. The molecule has 0 bridgehead atoms. The minimum Gasteiger partial charge on any atom is -0.505 e. The number of rotatable bonds is 3. The molecule has 2 nitrogen and oxygen atoms in total. The van der Waals surface area contributed by atoms with E-state index in [2.05, 4.69) is 22.5 Å². The predicted molar refractivity (Wildman–Crippen MR) is 64.8 cm³/mol. The normalized spacial score (nSPS) is 11.7. The van der Waals surface area contributed by atoms with Crippen LogP contribution < -0.4 is 5.73 Å². The van der Waals surface area contributed by atoms with E-state index in [0.29, 0.717) is 12.0 Å². The van der Waals surface area contributed by atoms with Crippen LogP contribution in [0, 0.1) is 5.82 Å². The second-order valence-corrected chi connectivity index (χ2v) is 3.78. The zero-order chi connectivity index (χ0) is 10.7. The highest BCUT2D eigenvalue weighted by molar-refractivity contribution is 9.10. The lowest BCUT2D eigenvalue weighted by molar-refractivity contribution is 0.419. The van der Waals surface area contributed by atoms with Crippen LogP contribution in [0.15, 0.2) is 29.3 Å². The third-order valence-electron chi connectivity index (χ3n) is 1.92. The zero-order valence-electron chi connectivity index (χ0n) is 7.91. The molecular formula is C10H12BrClFNO. The summed E-state index contributed by atoms with van der Waals surface area (Å²) in [5.41, 5.74) is 6.11. The molecule has 1 aromatic rings. The Morgan fingerprint density at radius 3 is 2.73 bits per heavy atom. The summed E-state index contributed by atoms with van der Waals surface area (Å²) >= 11 is 2.97. The summed E-state index contributed by atoms with van der Waals surface area (Å²) in [7, 11) is 0. The molecule has 3 N–H and O–H groups in total. The molecule has 0 unspecified atom stereocenters. The van der Waals surface area contributed by atoms with Crippen molar-refractivity contribution in [2.45, 2.75) is 12.5 Å². The van der Waals surface area contributed by atoms with E-state index in [4.69, 9.17) is 5.73 Å². The highest BCUT2D eigenvalue weighted by Crippen LogP contribution is 2.31. The standard InChI is InChI=1S/C10H11BrFNO.ClH/c1-2-3-8(13)6-4-5-7(11)9(12)10(6)14;/h2,4-5,8,14H,1,3,13H2;1H/t8-;/m1./s1. The van der Waals surface area contributed by atoms with Gasteiger partial charge in [0.1, 0.15) is 0 Å². The maximum Gasteiger partial charge on any atom is 0.179 e. The van der Waals surface area contributed by atoms with Crippen molar-refractivity contribution in [3.8, 4) is 5.75 Å². The molecule has 0 aliphatic carbocycles. The maximum atomic E-state index is 13.2. The summed E-state index contributed by atoms with van der Waals surface area (Å²) < 4.78 is 13.4. The minimum atomic E-state index is -0.679. The number of hydrogen-bond acceptors (Lipinski definition) is 2. The second-order valence-electron chi connectivity index (χ2n) is 2.93. The van der Waals surface area contributed by atoms with Gasteiger partial charge in [0.2, 0.25) is 0 Å². The summed E-state index contributed by atoms with van der Waals surface area (Å²) in [5.74, 6) is -1.07. The number of hydrogen-bond donors (Lipinski definition) is 2. The maximum absolute atomic E-state index is 13.2. The van der Waals surface area contributed by atoms with Gasteiger partial charge in [-0.25, -0.2) is 4.39 Å². The average molecular weight is 297 g/mol. The average Bonchev–Trinajstić information content (AvgIpc) is 2.15. The SMILES string of the molecule is C=CC[C@@H](N)c1ccc(Br)c(F)c1O.Cl. The summed E-state index contributed by atoms with van der Waals surface area (Å²) in [6.07, 6.45) is 2.12. The number of nitrogens with two attached hydrogens (primary N) is 1. The first-order valence-corrected chi connectivity index (χ1v) is 4.90. The van der Waals surface area contributed by atoms with Gasteiger partial charge in [-0.3, -0.25) is 0 Å². The van der Waals surface area contributed by atoms with Gasteiger partial charge in [-0.2, -0.15) is 0 Å². The largest absolute Gasteiger partial charge is 0.505 e. The van der Waals surface area contributed by atoms with Gasteiger partial charge in [-0.15, -0.1) is 19.0 Å². The molecule has 1 atom stereocenters. The molecule has 0 spiro atoms. The van der Waals surface area contributed by atoms with Gasteiger partial charge < -0.3 is 10.8 Å². The van der Waals surface area contributed by atoms with Crippen LogP contribution >= 0.6 is 28.3 Å². The van der Waals surface area contributed by atoms with E-state index in [1.165, 1.54) is 6.07 Å². The number of phenolic OH excluding ortho intramolecular Hbond substituents is 1. The molecule has 5 heteroatoms. The fourth-order valence-corrected chi connectivity index (χ4v) is 1.48. The van der Waals surface area contributed by atoms with Gasteiger partial charge in [-0.1, -0.05) is 12.1 Å². The molecular weight excluding hydrogens is 284 g/mol. The van der Waals surface area contributed by atoms with Crippen LogP contribution in [0.2, 0.25) is 0 Å². The van der Waals surface area contributed by atoms with Crippen LogP contribution in [0.4, 0.5) is 4.39 Å². The van der Waals surface area contributed by atoms with E-state index < -0.39 is 17.6 Å². The van der Waals surface area contributed by atoms with Gasteiger partial charge in [0.05, 0.1) is 4.47 Å². The number of aromatic hydroxyl groups is 1. The van der Waals surface area contributed by atoms with E-state index in [1.807, 2.05) is 0 Å². The van der Waals surface area contributed by atoms with Crippen LogP contribution in [0.1, 0.15) is 18.0 Å². The Hall–Kier alpha value is -0.580. The van der Waals surface area contributed by atoms with Crippen molar-refractivity contribution < 1.29 is 9.50 Å². The summed E-state index contributed by atoms with van der Waals surface area (Å²) in [6.45, 7) is 3.53. The molecule has 0 aromatic heterocycles. The Bertz CT molecular complexity index is 360. The first kappa shape index (κ1) is 14.4. The monoisotopic (exact) mass is 295 g/mol. The van der Waals surface area contributed by atoms with Crippen LogP contribution in [0.3, 0.4) is 0 Å². The smallest absolute Gasteiger partial charge is 0.179 e. The van der Waals surface area contributed by atoms with Crippen molar-refractivity contribution in [2.75, 3.05) is 0 Å². The van der Waals surface area contributed by atoms with Crippen molar-refractivity contribution in [2.24, 2.45) is 5.73 Å². The van der Waals surface area contributed by atoms with Crippen LogP contribution in [0.5, 0.6) is 5.75 Å². The first-order chi connectivity index (χ1) is 6.57. The number of phenols is 1. The molecule has 1 rings (SSSR count). The van der Waals surface area contributed by atoms with Crippen LogP contribution in [-0.2, 0) is 0 Å². The fraction of sp³-hybridized carbons (Fsp3) is 0.200. The molecule has 0 saturated heterocycles. The molecule has 0 fully saturated rings. The van der Waals surface area contributed by atoms with Crippen LogP contribution in [0.25, 0.3) is 0 Å². The molecule has 1 aromatic carbocycles. The molecule has 0 amide bonds. The van der Waals surface area contributed by atoms with Gasteiger partial charge in [-0.05, 0) is 28.4 Å². The van der Waals surface area contributed by atoms with E-state index in [9.17, 15) is 9.50 Å². The third kappa shape index (κ3) is 3.19. The Labute approximate surface area is 103 Å². The summed E-state index contributed by atoms with van der Waals surface area (Å²) in [5, 5.41) is 9.46. The first-order valence-electron chi connectivity index (χ1n) is 4.11. The van der Waals surface area contributed by atoms with Crippen molar-refractivity contribution in [3.63, 3.8) is 0 Å². The van der Waals surface area contributed by atoms with E-state index in [-0.39, 0.29) is 16.9 Å². The number of benzene rings is 1. The second kappa shape index (κ2) is 6.10. The quantitative estimate of drug-likeness (QED) is 0.841. The lowest BCUT2D eigenvalue weighted by atomic mass is 10.0. The topological polar surface area (TPSA) is 46.2 Å². The highest BCUT2D eigenvalue weighted by atomic mass is 79.9. The van der Waals surface area contributed by atoms with Crippen LogP contribution in [-0.4, -0.2) is 5.11 Å². The fourth-order valence-electron chi connectivity index (χ4n) is 1.16. The van der Waals surface area contributed by atoms with Crippen molar-refractivity contribution in [1.29, 1.82) is 0 Å². The Kier molecular flexibility index (Phi) is 5.87. The third-order valence-corrected chi connectivity index (χ3v) is 2.53. The van der Waals surface area contributed by atoms with Gasteiger partial charge in [0.15, 0.2) is 11.6 Å². The number of halogens is 3. The van der Waals surface area contributed by atoms with Gasteiger partial charge in [0.25, 0.3) is 0 Å². The molecule has 0 heterocycles. The molecule has 0 aliphatic rings. The van der Waals surface area contributed by atoms with E-state index >= 15 is 0 Å². The Morgan fingerprint density at radius 2 is 2.20 bits per heavy atom. The minimum absolute atomic E-state index is 0. The lowest BCUT2D eigenvalue weighted by Crippen LogP contribution is -2.09. The molecule has 15 heavy (non-hydrogen) atoms. The molecule has 0 radical (unpaired) electrons. The molecule has 0 aliphatic heterocycles. The van der Waals surface area contributed by atoms with Crippen molar-refractivity contribution in [1.82, 2.24) is 0 Å². The van der Waals surface area contributed by atoms with Crippen molar-refractivity contribution >= 4 is 28.3 Å². The van der Waals surface area contributed by atoms with E-state index in [1.54, 1.807) is 12.1 Å². The van der Waals surface area contributed by atoms with Gasteiger partial charge >= 0.3 is 0 Å². The lowest BCUT2D eigenvalue weighted by Gasteiger charge is -2.12. The van der Waals surface area contributed by atoms with Gasteiger partial charge in [0, 0.05) is 11.6 Å². The summed E-state index contributed by atoms with van der Waals surface area (Å²) in [6, 6.07) is 2.69. The predicted octanol–water partition coefficient (Wildman–Crippen LogP) is 3.29. The van der Waals surface area contributed by atoms with E-state index in [0.717, 1.165) is 0 Å². The summed E-state index contributed by atoms with van der Waals surface area (Å²) in [4.78, 5) is 0. The Morgan fingerprint density at radius 1 is 1.60 bits per heavy atom. The molecule has 84 valence electrons. The zero-order valence-corrected chi connectivity index (χ0v) is 10.3. The van der Waals surface area contributed by atoms with Crippen molar-refractivity contribution in [3.05, 3.63) is 40.6 Å². The molecule has 0 saturated carbocycles.